The molecule has 1 unspecified atom stereocenters. The van der Waals surface area contributed by atoms with E-state index in [0.29, 0.717) is 12.2 Å². The van der Waals surface area contributed by atoms with Crippen molar-refractivity contribution in [3.8, 4) is 0 Å². The van der Waals surface area contributed by atoms with Crippen LogP contribution in [0.5, 0.6) is 0 Å². The second kappa shape index (κ2) is 5.12. The van der Waals surface area contributed by atoms with E-state index in [1.807, 2.05) is 6.07 Å². The summed E-state index contributed by atoms with van der Waals surface area (Å²) in [4.78, 5) is 0. The molecule has 1 atom stereocenters. The van der Waals surface area contributed by atoms with Gasteiger partial charge >= 0.3 is 0 Å². The SMILES string of the molecule is Fc1ccccc1NCC1CCCCO1. The average molecular weight is 209 g/mol. The highest BCUT2D eigenvalue weighted by molar-refractivity contribution is 5.44. The fourth-order valence-corrected chi connectivity index (χ4v) is 1.80. The molecular formula is C12H16FNO. The molecule has 2 rings (SSSR count). The van der Waals surface area contributed by atoms with E-state index in [1.165, 1.54) is 12.5 Å². The summed E-state index contributed by atoms with van der Waals surface area (Å²) in [5, 5.41) is 3.08. The van der Waals surface area contributed by atoms with E-state index in [2.05, 4.69) is 5.32 Å². The quantitative estimate of drug-likeness (QED) is 0.826. The Morgan fingerprint density at radius 3 is 2.93 bits per heavy atom. The van der Waals surface area contributed by atoms with Crippen LogP contribution in [0.1, 0.15) is 19.3 Å². The van der Waals surface area contributed by atoms with Gasteiger partial charge in [-0.15, -0.1) is 0 Å². The Bertz CT molecular complexity index is 310. The number of nitrogens with one attached hydrogen (secondary N) is 1. The van der Waals surface area contributed by atoms with Crippen LogP contribution in [0.25, 0.3) is 0 Å². The summed E-state index contributed by atoms with van der Waals surface area (Å²) in [5.41, 5.74) is 0.562. The van der Waals surface area contributed by atoms with Crippen molar-refractivity contribution in [2.24, 2.45) is 0 Å². The molecule has 82 valence electrons. The third-order valence-corrected chi connectivity index (χ3v) is 2.67. The van der Waals surface area contributed by atoms with Crippen molar-refractivity contribution >= 4 is 5.69 Å². The molecule has 15 heavy (non-hydrogen) atoms. The van der Waals surface area contributed by atoms with E-state index < -0.39 is 0 Å². The zero-order chi connectivity index (χ0) is 10.5. The van der Waals surface area contributed by atoms with Crippen LogP contribution in [0.15, 0.2) is 24.3 Å². The molecular weight excluding hydrogens is 193 g/mol. The van der Waals surface area contributed by atoms with Crippen LogP contribution in [-0.2, 0) is 4.74 Å². The molecule has 0 bridgehead atoms. The van der Waals surface area contributed by atoms with Gasteiger partial charge in [0.2, 0.25) is 0 Å². The van der Waals surface area contributed by atoms with Gasteiger partial charge in [0.15, 0.2) is 0 Å². The van der Waals surface area contributed by atoms with E-state index in [0.717, 1.165) is 19.4 Å². The van der Waals surface area contributed by atoms with E-state index in [1.54, 1.807) is 12.1 Å². The van der Waals surface area contributed by atoms with Crippen molar-refractivity contribution < 1.29 is 9.13 Å². The number of ether oxygens (including phenoxy) is 1. The summed E-state index contributed by atoms with van der Waals surface area (Å²) in [6.07, 6.45) is 3.67. The Hall–Kier alpha value is -1.09. The lowest BCUT2D eigenvalue weighted by molar-refractivity contribution is 0.0247. The summed E-state index contributed by atoms with van der Waals surface area (Å²) >= 11 is 0. The number of hydrogen-bond donors (Lipinski definition) is 1. The van der Waals surface area contributed by atoms with Crippen LogP contribution in [0, 0.1) is 5.82 Å². The van der Waals surface area contributed by atoms with Crippen LogP contribution in [-0.4, -0.2) is 19.3 Å². The van der Waals surface area contributed by atoms with Gasteiger partial charge in [-0.1, -0.05) is 12.1 Å². The lowest BCUT2D eigenvalue weighted by atomic mass is 10.1. The Kier molecular flexibility index (Phi) is 3.56. The molecule has 1 aromatic carbocycles. The maximum atomic E-state index is 13.2. The van der Waals surface area contributed by atoms with Gasteiger partial charge in [-0.25, -0.2) is 4.39 Å². The number of halogens is 1. The van der Waals surface area contributed by atoms with Gasteiger partial charge in [0.1, 0.15) is 5.82 Å². The van der Waals surface area contributed by atoms with Crippen LogP contribution in [0.3, 0.4) is 0 Å². The first kappa shape index (κ1) is 10.4. The Morgan fingerprint density at radius 2 is 2.20 bits per heavy atom. The third-order valence-electron chi connectivity index (χ3n) is 2.67. The van der Waals surface area contributed by atoms with Crippen molar-refractivity contribution in [2.45, 2.75) is 25.4 Å². The second-order valence-corrected chi connectivity index (χ2v) is 3.85. The minimum absolute atomic E-state index is 0.201. The Balaban J connectivity index is 1.84. The van der Waals surface area contributed by atoms with E-state index in [4.69, 9.17) is 4.74 Å². The zero-order valence-corrected chi connectivity index (χ0v) is 8.71. The first-order valence-electron chi connectivity index (χ1n) is 5.46. The van der Waals surface area contributed by atoms with Gasteiger partial charge < -0.3 is 10.1 Å². The number of hydrogen-bond acceptors (Lipinski definition) is 2. The molecule has 0 aromatic heterocycles. The predicted molar refractivity (Wildman–Crippen MR) is 58.5 cm³/mol. The monoisotopic (exact) mass is 209 g/mol. The van der Waals surface area contributed by atoms with Crippen LogP contribution >= 0.6 is 0 Å². The van der Waals surface area contributed by atoms with Crippen molar-refractivity contribution in [1.82, 2.24) is 0 Å². The van der Waals surface area contributed by atoms with Gasteiger partial charge in [-0.2, -0.15) is 0 Å². The maximum absolute atomic E-state index is 13.2. The minimum Gasteiger partial charge on any atom is -0.380 e. The Morgan fingerprint density at radius 1 is 1.33 bits per heavy atom. The molecule has 0 amide bonds. The lowest BCUT2D eigenvalue weighted by Crippen LogP contribution is -2.27. The molecule has 0 radical (unpaired) electrons. The number of benzene rings is 1. The molecule has 0 saturated carbocycles. The molecule has 0 aliphatic carbocycles. The molecule has 1 heterocycles. The van der Waals surface area contributed by atoms with E-state index in [-0.39, 0.29) is 11.9 Å². The Labute approximate surface area is 89.4 Å². The molecule has 3 heteroatoms. The summed E-state index contributed by atoms with van der Waals surface area (Å²) in [5.74, 6) is -0.201. The topological polar surface area (TPSA) is 21.3 Å². The molecule has 1 N–H and O–H groups in total. The smallest absolute Gasteiger partial charge is 0.146 e. The first-order chi connectivity index (χ1) is 7.36. The second-order valence-electron chi connectivity index (χ2n) is 3.85. The highest BCUT2D eigenvalue weighted by Gasteiger charge is 2.13. The van der Waals surface area contributed by atoms with Crippen molar-refractivity contribution in [3.63, 3.8) is 0 Å². The van der Waals surface area contributed by atoms with E-state index in [9.17, 15) is 4.39 Å². The molecule has 1 saturated heterocycles. The summed E-state index contributed by atoms with van der Waals surface area (Å²) < 4.78 is 18.8. The van der Waals surface area contributed by atoms with Crippen LogP contribution in [0.4, 0.5) is 10.1 Å². The zero-order valence-electron chi connectivity index (χ0n) is 8.71. The molecule has 1 aliphatic rings. The van der Waals surface area contributed by atoms with Gasteiger partial charge in [-0.05, 0) is 31.4 Å². The lowest BCUT2D eigenvalue weighted by Gasteiger charge is -2.23. The molecule has 1 aliphatic heterocycles. The van der Waals surface area contributed by atoms with Gasteiger partial charge in [0.25, 0.3) is 0 Å². The number of anilines is 1. The third kappa shape index (κ3) is 2.93. The summed E-state index contributed by atoms with van der Waals surface area (Å²) in [7, 11) is 0. The fourth-order valence-electron chi connectivity index (χ4n) is 1.80. The maximum Gasteiger partial charge on any atom is 0.146 e. The molecule has 1 aromatic rings. The van der Waals surface area contributed by atoms with Crippen LogP contribution < -0.4 is 5.32 Å². The average Bonchev–Trinajstić information content (AvgIpc) is 2.29. The number of para-hydroxylation sites is 1. The summed E-state index contributed by atoms with van der Waals surface area (Å²) in [6, 6.07) is 6.73. The summed E-state index contributed by atoms with van der Waals surface area (Å²) in [6.45, 7) is 1.53. The minimum atomic E-state index is -0.201. The molecule has 1 fully saturated rings. The van der Waals surface area contributed by atoms with Crippen LogP contribution in [0.2, 0.25) is 0 Å². The predicted octanol–water partition coefficient (Wildman–Crippen LogP) is 2.81. The van der Waals surface area contributed by atoms with Gasteiger partial charge in [0.05, 0.1) is 11.8 Å². The van der Waals surface area contributed by atoms with Gasteiger partial charge in [-0.3, -0.25) is 0 Å². The van der Waals surface area contributed by atoms with Crippen molar-refractivity contribution in [2.75, 3.05) is 18.5 Å². The molecule has 0 spiro atoms. The fraction of sp³-hybridized carbons (Fsp3) is 0.500. The van der Waals surface area contributed by atoms with Gasteiger partial charge in [0, 0.05) is 13.2 Å². The van der Waals surface area contributed by atoms with Crippen molar-refractivity contribution in [3.05, 3.63) is 30.1 Å². The highest BCUT2D eigenvalue weighted by atomic mass is 19.1. The largest absolute Gasteiger partial charge is 0.380 e. The highest BCUT2D eigenvalue weighted by Crippen LogP contribution is 2.16. The van der Waals surface area contributed by atoms with E-state index >= 15 is 0 Å². The first-order valence-corrected chi connectivity index (χ1v) is 5.46. The normalized spacial score (nSPS) is 21.3. The van der Waals surface area contributed by atoms with Crippen molar-refractivity contribution in [1.29, 1.82) is 0 Å². The standard InChI is InChI=1S/C12H16FNO/c13-11-6-1-2-7-12(11)14-9-10-5-3-4-8-15-10/h1-2,6-7,10,14H,3-5,8-9H2. The molecule has 2 nitrogen and oxygen atoms in total. The number of rotatable bonds is 3.